The molecule has 1 heterocycles. The van der Waals surface area contributed by atoms with Crippen molar-refractivity contribution in [3.63, 3.8) is 0 Å². The van der Waals surface area contributed by atoms with Crippen LogP contribution in [0.4, 0.5) is 0 Å². The quantitative estimate of drug-likeness (QED) is 0.916. The third-order valence-corrected chi connectivity index (χ3v) is 5.21. The summed E-state index contributed by atoms with van der Waals surface area (Å²) in [4.78, 5) is 2.59. The largest absolute Gasteiger partial charge is 0.497 e. The van der Waals surface area contributed by atoms with Crippen molar-refractivity contribution >= 4 is 10.8 Å². The molecule has 3 nitrogen and oxygen atoms in total. The Morgan fingerprint density at radius 2 is 1.83 bits per heavy atom. The van der Waals surface area contributed by atoms with Crippen molar-refractivity contribution in [2.24, 2.45) is 11.7 Å². The van der Waals surface area contributed by atoms with Crippen molar-refractivity contribution < 1.29 is 4.74 Å². The molecule has 1 unspecified atom stereocenters. The van der Waals surface area contributed by atoms with Gasteiger partial charge in [0.2, 0.25) is 0 Å². The van der Waals surface area contributed by atoms with Gasteiger partial charge in [-0.3, -0.25) is 0 Å². The number of nitrogens with two attached hydrogens (primary N) is 1. The molecule has 3 rings (SSSR count). The third-order valence-electron chi connectivity index (χ3n) is 5.21. The van der Waals surface area contributed by atoms with Crippen molar-refractivity contribution in [1.29, 1.82) is 0 Å². The Kier molecular flexibility index (Phi) is 5.19. The number of nitrogens with zero attached hydrogens (tertiary/aromatic N) is 1. The zero-order chi connectivity index (χ0) is 16.2. The molecule has 0 amide bonds. The van der Waals surface area contributed by atoms with Crippen LogP contribution in [0.3, 0.4) is 0 Å². The van der Waals surface area contributed by atoms with E-state index in [1.54, 1.807) is 7.11 Å². The fourth-order valence-corrected chi connectivity index (χ4v) is 3.57. The first-order chi connectivity index (χ1) is 11.2. The van der Waals surface area contributed by atoms with Gasteiger partial charge < -0.3 is 15.4 Å². The Morgan fingerprint density at radius 1 is 1.13 bits per heavy atom. The molecule has 1 aliphatic heterocycles. The lowest BCUT2D eigenvalue weighted by Crippen LogP contribution is -2.38. The van der Waals surface area contributed by atoms with Crippen LogP contribution in [0, 0.1) is 5.92 Å². The van der Waals surface area contributed by atoms with E-state index in [1.165, 1.54) is 42.3 Å². The summed E-state index contributed by atoms with van der Waals surface area (Å²) >= 11 is 0. The van der Waals surface area contributed by atoms with Crippen LogP contribution in [-0.2, 0) is 0 Å². The number of piperidine rings is 1. The van der Waals surface area contributed by atoms with Gasteiger partial charge in [0.05, 0.1) is 7.11 Å². The van der Waals surface area contributed by atoms with Crippen LogP contribution in [0.5, 0.6) is 5.75 Å². The van der Waals surface area contributed by atoms with Gasteiger partial charge in [-0.25, -0.2) is 0 Å². The second kappa shape index (κ2) is 7.33. The minimum absolute atomic E-state index is 0.552. The van der Waals surface area contributed by atoms with E-state index in [2.05, 4.69) is 42.2 Å². The van der Waals surface area contributed by atoms with Gasteiger partial charge in [0.15, 0.2) is 0 Å². The van der Waals surface area contributed by atoms with Crippen molar-refractivity contribution in [2.45, 2.75) is 25.7 Å². The normalized spacial score (nSPS) is 18.2. The minimum Gasteiger partial charge on any atom is -0.497 e. The highest BCUT2D eigenvalue weighted by Gasteiger charge is 2.20. The van der Waals surface area contributed by atoms with Crippen LogP contribution >= 0.6 is 0 Å². The van der Waals surface area contributed by atoms with Crippen LogP contribution in [0.15, 0.2) is 36.4 Å². The van der Waals surface area contributed by atoms with E-state index in [4.69, 9.17) is 10.5 Å². The maximum atomic E-state index is 5.79. The van der Waals surface area contributed by atoms with Gasteiger partial charge in [-0.15, -0.1) is 0 Å². The van der Waals surface area contributed by atoms with E-state index in [1.807, 2.05) is 6.07 Å². The highest BCUT2D eigenvalue weighted by molar-refractivity contribution is 5.84. The first-order valence-electron chi connectivity index (χ1n) is 8.69. The van der Waals surface area contributed by atoms with E-state index in [0.29, 0.717) is 5.92 Å². The summed E-state index contributed by atoms with van der Waals surface area (Å²) in [5, 5.41) is 2.53. The lowest BCUT2D eigenvalue weighted by molar-refractivity contribution is 0.180. The summed E-state index contributed by atoms with van der Waals surface area (Å²) in [6.45, 7) is 6.70. The summed E-state index contributed by atoms with van der Waals surface area (Å²) in [5.41, 5.74) is 7.21. The molecule has 0 aromatic heterocycles. The van der Waals surface area contributed by atoms with Crippen LogP contribution in [0.1, 0.15) is 31.2 Å². The van der Waals surface area contributed by atoms with Gasteiger partial charge in [-0.2, -0.15) is 0 Å². The summed E-state index contributed by atoms with van der Waals surface area (Å²) < 4.78 is 5.30. The summed E-state index contributed by atoms with van der Waals surface area (Å²) in [5.74, 6) is 2.20. The highest BCUT2D eigenvalue weighted by Crippen LogP contribution is 2.26. The van der Waals surface area contributed by atoms with Gasteiger partial charge in [-0.1, -0.05) is 31.2 Å². The Morgan fingerprint density at radius 3 is 2.52 bits per heavy atom. The second-order valence-corrected chi connectivity index (χ2v) is 6.85. The smallest absolute Gasteiger partial charge is 0.119 e. The molecule has 2 aromatic carbocycles. The van der Waals surface area contributed by atoms with E-state index in [-0.39, 0.29) is 0 Å². The van der Waals surface area contributed by atoms with Crippen molar-refractivity contribution in [1.82, 2.24) is 4.90 Å². The second-order valence-electron chi connectivity index (χ2n) is 6.85. The molecule has 2 N–H and O–H groups in total. The molecule has 124 valence electrons. The fraction of sp³-hybridized carbons (Fsp3) is 0.500. The Hall–Kier alpha value is -1.58. The van der Waals surface area contributed by atoms with Gasteiger partial charge >= 0.3 is 0 Å². The van der Waals surface area contributed by atoms with E-state index in [0.717, 1.165) is 24.8 Å². The van der Waals surface area contributed by atoms with Crippen molar-refractivity contribution in [2.75, 3.05) is 33.3 Å². The lowest BCUT2D eigenvalue weighted by Gasteiger charge is -2.33. The first kappa shape index (κ1) is 16.3. The average molecular weight is 312 g/mol. The molecule has 0 bridgehead atoms. The monoisotopic (exact) mass is 312 g/mol. The van der Waals surface area contributed by atoms with Crippen molar-refractivity contribution in [3.8, 4) is 5.75 Å². The van der Waals surface area contributed by atoms with E-state index >= 15 is 0 Å². The molecule has 2 aromatic rings. The van der Waals surface area contributed by atoms with Crippen LogP contribution in [0.25, 0.3) is 10.8 Å². The number of likely N-dealkylation sites (tertiary alicyclic amines) is 1. The van der Waals surface area contributed by atoms with Crippen molar-refractivity contribution in [3.05, 3.63) is 42.0 Å². The van der Waals surface area contributed by atoms with Crippen LogP contribution in [-0.4, -0.2) is 38.2 Å². The first-order valence-corrected chi connectivity index (χ1v) is 8.69. The third kappa shape index (κ3) is 3.85. The molecular formula is C20H28N2O. The zero-order valence-electron chi connectivity index (χ0n) is 14.3. The molecule has 0 radical (unpaired) electrons. The molecule has 1 saturated heterocycles. The van der Waals surface area contributed by atoms with Gasteiger partial charge in [0.1, 0.15) is 5.75 Å². The molecule has 3 heteroatoms. The molecular weight excluding hydrogens is 284 g/mol. The summed E-state index contributed by atoms with van der Waals surface area (Å²) in [7, 11) is 1.71. The topological polar surface area (TPSA) is 38.5 Å². The summed E-state index contributed by atoms with van der Waals surface area (Å²) in [6, 6.07) is 13.1. The molecule has 1 aliphatic rings. The predicted molar refractivity (Wildman–Crippen MR) is 97.1 cm³/mol. The standard InChI is InChI=1S/C20H28N2O/c1-15(14-22-9-7-16(13-21)8-10-22)17-3-4-19-12-20(23-2)6-5-18(19)11-17/h3-6,11-12,15-16H,7-10,13-14,21H2,1-2H3. The number of hydrogen-bond acceptors (Lipinski definition) is 3. The lowest BCUT2D eigenvalue weighted by atomic mass is 9.94. The molecule has 0 aliphatic carbocycles. The molecule has 1 atom stereocenters. The van der Waals surface area contributed by atoms with E-state index < -0.39 is 0 Å². The number of hydrogen-bond donors (Lipinski definition) is 1. The fourth-order valence-electron chi connectivity index (χ4n) is 3.57. The number of rotatable bonds is 5. The number of fused-ring (bicyclic) bond motifs is 1. The maximum Gasteiger partial charge on any atom is 0.119 e. The minimum atomic E-state index is 0.552. The van der Waals surface area contributed by atoms with Gasteiger partial charge in [0.25, 0.3) is 0 Å². The number of ether oxygens (including phenoxy) is 1. The Balaban J connectivity index is 1.67. The predicted octanol–water partition coefficient (Wildman–Crippen LogP) is 3.62. The number of methoxy groups -OCH3 is 1. The molecule has 23 heavy (non-hydrogen) atoms. The van der Waals surface area contributed by atoms with E-state index in [9.17, 15) is 0 Å². The Bertz CT molecular complexity index is 647. The molecule has 0 spiro atoms. The average Bonchev–Trinajstić information content (AvgIpc) is 2.61. The maximum absolute atomic E-state index is 5.79. The SMILES string of the molecule is COc1ccc2cc(C(C)CN3CCC(CN)CC3)ccc2c1. The van der Waals surface area contributed by atoms with Crippen LogP contribution < -0.4 is 10.5 Å². The zero-order valence-corrected chi connectivity index (χ0v) is 14.3. The summed E-state index contributed by atoms with van der Waals surface area (Å²) in [6.07, 6.45) is 2.50. The van der Waals surface area contributed by atoms with Gasteiger partial charge in [-0.05, 0) is 72.8 Å². The van der Waals surface area contributed by atoms with Gasteiger partial charge in [0, 0.05) is 6.54 Å². The Labute approximate surface area is 139 Å². The molecule has 0 saturated carbocycles. The highest BCUT2D eigenvalue weighted by atomic mass is 16.5. The van der Waals surface area contributed by atoms with Crippen LogP contribution in [0.2, 0.25) is 0 Å². The molecule has 1 fully saturated rings. The number of benzene rings is 2.